The summed E-state index contributed by atoms with van der Waals surface area (Å²) in [6.07, 6.45) is 8.71. The molecule has 2 fully saturated rings. The first-order chi connectivity index (χ1) is 64.2. The third kappa shape index (κ3) is 52.6. The summed E-state index contributed by atoms with van der Waals surface area (Å²) >= 11 is 13.1. The number of amides is 1. The number of nitrogen functional groups attached to an aromatic ring is 2. The van der Waals surface area contributed by atoms with Crippen molar-refractivity contribution in [1.29, 1.82) is 0 Å². The number of likely N-dealkylation sites (N-methyl/N-ethyl adjacent to an activating group) is 3. The molecule has 2 aromatic heterocycles. The van der Waals surface area contributed by atoms with Crippen molar-refractivity contribution in [2.75, 3.05) is 179 Å². The smallest absolute Gasteiger partial charge is 0.870 e. The second-order valence-corrected chi connectivity index (χ2v) is 34.2. The number of aliphatic carboxylic acids is 2. The summed E-state index contributed by atoms with van der Waals surface area (Å²) in [6, 6.07) is 26.1. The van der Waals surface area contributed by atoms with Gasteiger partial charge in [-0.2, -0.15) is 73.9 Å². The van der Waals surface area contributed by atoms with E-state index in [1.165, 1.54) is 118 Å². The number of carboxylic acids is 2. The van der Waals surface area contributed by atoms with Gasteiger partial charge in [0, 0.05) is 120 Å². The number of esters is 3. The Bertz CT molecular complexity index is 4780. The first kappa shape index (κ1) is 146. The van der Waals surface area contributed by atoms with Gasteiger partial charge >= 0.3 is 86.4 Å². The fourth-order valence-electron chi connectivity index (χ4n) is 12.4. The number of likely N-dealkylation sites (tertiary alicyclic amines) is 2. The van der Waals surface area contributed by atoms with Crippen LogP contribution in [0.1, 0.15) is 110 Å². The van der Waals surface area contributed by atoms with Gasteiger partial charge in [-0.25, -0.2) is 41.7 Å². The molecule has 4 aromatic carbocycles. The van der Waals surface area contributed by atoms with Crippen molar-refractivity contribution in [3.63, 3.8) is 0 Å². The maximum Gasteiger partial charge on any atom is 1.00 e. The molecule has 9 N–H and O–H groups in total. The third-order valence-electron chi connectivity index (χ3n) is 20.1. The summed E-state index contributed by atoms with van der Waals surface area (Å²) in [6.45, 7) is 46.1. The van der Waals surface area contributed by atoms with Crippen molar-refractivity contribution in [1.82, 2.24) is 34.6 Å². The molecule has 51 heteroatoms. The van der Waals surface area contributed by atoms with E-state index in [1.807, 2.05) is 38.1 Å². The number of nitrogens with zero attached hydrogens (tertiary/aromatic N) is 11. The zero-order valence-corrected chi connectivity index (χ0v) is 93.8. The molecule has 2 saturated heterocycles. The second-order valence-electron chi connectivity index (χ2n) is 29.4. The number of aromatic nitrogens is 4. The van der Waals surface area contributed by atoms with E-state index in [2.05, 4.69) is 185 Å². The van der Waals surface area contributed by atoms with Gasteiger partial charge in [0.25, 0.3) is 18.2 Å². The predicted octanol–water partition coefficient (Wildman–Crippen LogP) is 9.20. The van der Waals surface area contributed by atoms with Crippen molar-refractivity contribution >= 4 is 178 Å². The van der Waals surface area contributed by atoms with E-state index in [0.29, 0.717) is 87.6 Å². The molecule has 0 spiro atoms. The molecule has 0 radical (unpaired) electrons. The van der Waals surface area contributed by atoms with Gasteiger partial charge in [0.1, 0.15) is 30.9 Å². The van der Waals surface area contributed by atoms with Crippen molar-refractivity contribution in [2.45, 2.75) is 143 Å². The summed E-state index contributed by atoms with van der Waals surface area (Å²) in [5.74, 6) is -4.81. The van der Waals surface area contributed by atoms with Crippen LogP contribution in [0.3, 0.4) is 0 Å². The van der Waals surface area contributed by atoms with E-state index in [-0.39, 0.29) is 131 Å². The number of ether oxygens (including phenoxy) is 14. The fourth-order valence-corrected chi connectivity index (χ4v) is 13.0. The Hall–Kier alpha value is -9.14. The molecule has 4 aliphatic heterocycles. The van der Waals surface area contributed by atoms with Gasteiger partial charge in [0.05, 0.1) is 83.8 Å². The molecule has 10 rings (SSSR count). The summed E-state index contributed by atoms with van der Waals surface area (Å²) in [7, 11) is 11.0. The SMILES string of the molecule is C=C(OC)C(=O)O.C=C(OC)C(=O)O.C=C(OC)C(=O)OC.CCOC(=O)C(C)=O.CN1CCC[C@H]1COc1nc(N)c2c(n1)CN(c1cccc3cccc(Cl)c13)CC2.CN1CCC[C@H]1COc1nc(N)c2c(n1)CN(c1cccc3cccc(Cl)c13)CC2.COC(=O)C(C)(OC)OC.COC(OC)OC.O=[P+]([O-])P(=O)(O)O.S.S.S.S.[C-]#[N+]C[C@@H](C)CCC.[C-]#[N+]C[C@@H](C)N(CC)C(=O)C(=C)OC.[Na+].[OH-]. The average Bonchev–Trinajstić information content (AvgIpc) is 0.853. The number of carbonyl (C=O) groups is 7. The topological polar surface area (TPSA) is 545 Å². The number of fused-ring (bicyclic) bond motifs is 4. The van der Waals surface area contributed by atoms with E-state index >= 15 is 0 Å². The molecule has 1 amide bonds. The number of carboxylic acid groups (broad SMARTS) is 2. The van der Waals surface area contributed by atoms with E-state index < -0.39 is 62.9 Å². The minimum Gasteiger partial charge on any atom is -0.870 e. The van der Waals surface area contributed by atoms with Crippen LogP contribution in [0.5, 0.6) is 12.0 Å². The Morgan fingerprint density at radius 3 is 1.23 bits per heavy atom. The average molecular weight is 2170 g/mol. The molecule has 1 unspecified atom stereocenters. The maximum atomic E-state index is 11.6. The normalized spacial score (nSPS) is 13.6. The standard InChI is InChI=1S/2C23H26ClN5O.C10H16N2O2.C7H13N.C6H12O4.2C5H8O3.C4H10O3.2C4H6O3.Na.H2O5P2.H2O.4H2S/c2*1-28-11-4-7-16(28)14-30-23-26-19-13-29(12-10-17(19)22(25)27-23)20-9-3-6-15-5-2-8-18(24)21(15)20;1-6-12(8(2)7-11-4)10(13)9(3)14-5;1-4-5-7(2)6-8-3;1-6(9-3,10-4)5(7)8-2;1-4(7-2)5(6)8-3;1-3-8-5(7)4(2)6;1-5-4(6-2)7-3;2*1-3(7-2)4(5)6;;1-6(2)7(3,4)5;;;;;/h2*2-3,5-6,8-9,16H,4,7,10-14H2,1H3,(H2,25,26,27);8H,3,6-7H2,1-2,5H3;7H,4-6H2,1-2H3;1-4H3;1H2,2-3H3;3H2,1-2H3;4H,1-3H3;2*1H2,2H3,(H,5,6);;(H2,3,4,5);5*1H2/q;;;;;;;;;;+1;;;;;;/p-1/t2*16-;8-;7-;;;;;;;;;;;;;/m0010............./s1. The minimum absolute atomic E-state index is 0. The number of methoxy groups -OCH3 is 11. The number of hydrogen-bond donors (Lipinski definition) is 6. The third-order valence-corrected chi connectivity index (χ3v) is 22.5. The Kier molecular flexibility index (Phi) is 81.3. The van der Waals surface area contributed by atoms with Crippen LogP contribution >= 0.6 is 92.2 Å². The van der Waals surface area contributed by atoms with E-state index in [0.717, 1.165) is 117 Å². The summed E-state index contributed by atoms with van der Waals surface area (Å²) in [4.78, 5) is 133. The van der Waals surface area contributed by atoms with Gasteiger partial charge in [0.15, 0.2) is 23.0 Å². The molecule has 794 valence electrons. The van der Waals surface area contributed by atoms with Crippen molar-refractivity contribution in [3.8, 4) is 12.0 Å². The molecular weight excluding hydrogens is 2020 g/mol. The predicted molar refractivity (Wildman–Crippen MR) is 558 cm³/mol. The Morgan fingerprint density at radius 2 is 0.979 bits per heavy atom. The molecular formula is C91H142Cl2N13NaO29P2S4. The van der Waals surface area contributed by atoms with Crippen LogP contribution < -0.4 is 65.2 Å². The molecule has 5 atom stereocenters. The Morgan fingerprint density at radius 1 is 0.606 bits per heavy atom. The van der Waals surface area contributed by atoms with Crippen LogP contribution in [-0.2, 0) is 125 Å². The van der Waals surface area contributed by atoms with Crippen LogP contribution in [0.15, 0.2) is 122 Å². The Balaban J connectivity index is -0.000000300. The van der Waals surface area contributed by atoms with E-state index in [9.17, 15) is 47.6 Å². The van der Waals surface area contributed by atoms with E-state index in [4.69, 9.17) is 101 Å². The number of nitrogens with two attached hydrogens (primary N) is 2. The van der Waals surface area contributed by atoms with Crippen molar-refractivity contribution in [2.24, 2.45) is 5.92 Å². The largest absolute Gasteiger partial charge is 1.00 e. The van der Waals surface area contributed by atoms with Crippen LogP contribution in [0.4, 0.5) is 23.0 Å². The summed E-state index contributed by atoms with van der Waals surface area (Å²) < 4.78 is 84.5. The van der Waals surface area contributed by atoms with Gasteiger partial charge < -0.3 is 133 Å². The van der Waals surface area contributed by atoms with Gasteiger partial charge in [-0.05, 0) is 148 Å². The molecule has 4 aliphatic rings. The minimum atomic E-state index is -4.78. The number of carbonyl (C=O) groups excluding carboxylic acids is 5. The van der Waals surface area contributed by atoms with Crippen LogP contribution in [0, 0.1) is 19.1 Å². The monoisotopic (exact) mass is 2160 g/mol. The number of rotatable bonds is 31. The number of halogens is 2. The zero-order chi connectivity index (χ0) is 104. The molecule has 42 nitrogen and oxygen atoms in total. The van der Waals surface area contributed by atoms with Gasteiger partial charge in [-0.15, -0.1) is 0 Å². The summed E-state index contributed by atoms with van der Waals surface area (Å²) in [5.41, 5.74) is 18.7. The van der Waals surface area contributed by atoms with Gasteiger partial charge in [-0.3, -0.25) is 19.4 Å². The van der Waals surface area contributed by atoms with Crippen LogP contribution in [0.2, 0.25) is 10.0 Å². The second kappa shape index (κ2) is 79.2. The molecule has 6 heterocycles. The number of Topliss-reactive ketones (excluding diaryl/α,β-unsaturated/α-hetero) is 1. The van der Waals surface area contributed by atoms with E-state index in [1.54, 1.807) is 11.8 Å². The zero-order valence-electron chi connectivity index (χ0n) is 84.5. The molecule has 0 bridgehead atoms. The quantitative estimate of drug-likeness (QED) is 0.00272. The molecule has 6 aromatic rings. The summed E-state index contributed by atoms with van der Waals surface area (Å²) in [5, 5.41) is 21.9. The van der Waals surface area contributed by atoms with Crippen LogP contribution in [-0.4, -0.2) is 290 Å². The number of hydrogen-bond acceptors (Lipinski definition) is 35. The van der Waals surface area contributed by atoms with Crippen LogP contribution in [0.25, 0.3) is 31.2 Å². The molecule has 142 heavy (non-hydrogen) atoms. The van der Waals surface area contributed by atoms with Gasteiger partial charge in [0.2, 0.25) is 18.9 Å². The van der Waals surface area contributed by atoms with Crippen molar-refractivity contribution in [3.05, 3.63) is 178 Å². The maximum absolute atomic E-state index is 11.6. The van der Waals surface area contributed by atoms with Gasteiger partial charge in [-0.1, -0.05) is 103 Å². The first-order valence-corrected chi connectivity index (χ1v) is 46.4. The Labute approximate surface area is 893 Å². The number of anilines is 4. The number of ketones is 1. The number of benzene rings is 4. The molecule has 0 saturated carbocycles. The fraction of sp³-hybridized carbons (Fsp3) is 0.505. The first-order valence-electron chi connectivity index (χ1n) is 42.1. The molecule has 0 aliphatic carbocycles. The van der Waals surface area contributed by atoms with Crippen molar-refractivity contribution < 1.29 is 169 Å².